The molecule has 146 valence electrons. The number of hydrogen-bond acceptors (Lipinski definition) is 3. The van der Waals surface area contributed by atoms with Crippen LogP contribution in [0.2, 0.25) is 0 Å². The Morgan fingerprint density at radius 1 is 1.14 bits per heavy atom. The van der Waals surface area contributed by atoms with Crippen LogP contribution in [-0.4, -0.2) is 30.1 Å². The zero-order chi connectivity index (χ0) is 19.8. The topological polar surface area (TPSA) is 58.5 Å². The van der Waals surface area contributed by atoms with Crippen LogP contribution < -0.4 is 15.4 Å². The fourth-order valence-corrected chi connectivity index (χ4v) is 2.86. The first-order chi connectivity index (χ1) is 13.7. The average Bonchev–Trinajstić information content (AvgIpc) is 2.70. The van der Waals surface area contributed by atoms with E-state index in [0.29, 0.717) is 24.8 Å². The maximum Gasteiger partial charge on any atom is 0.191 e. The molecule has 6 heteroatoms. The molecule has 0 amide bonds. The number of halogens is 1. The number of benzene rings is 2. The molecular weight excluding hydrogens is 355 g/mol. The molecule has 3 rings (SSSR count). The number of aromatic nitrogens is 1. The Hall–Kier alpha value is -3.15. The van der Waals surface area contributed by atoms with Crippen LogP contribution in [0.4, 0.5) is 4.39 Å². The predicted octanol–water partition coefficient (Wildman–Crippen LogP) is 3.90. The van der Waals surface area contributed by atoms with Crippen LogP contribution in [0.5, 0.6) is 5.75 Å². The van der Waals surface area contributed by atoms with Crippen LogP contribution in [0.15, 0.2) is 65.8 Å². The molecule has 1 unspecified atom stereocenters. The van der Waals surface area contributed by atoms with E-state index in [2.05, 4.69) is 32.7 Å². The maximum atomic E-state index is 13.3. The van der Waals surface area contributed by atoms with Crippen molar-refractivity contribution in [3.05, 3.63) is 72.3 Å². The van der Waals surface area contributed by atoms with Gasteiger partial charge in [-0.15, -0.1) is 0 Å². The second kappa shape index (κ2) is 9.69. The Kier molecular flexibility index (Phi) is 6.78. The highest BCUT2D eigenvalue weighted by molar-refractivity contribution is 5.85. The highest BCUT2D eigenvalue weighted by atomic mass is 19.1. The van der Waals surface area contributed by atoms with Crippen molar-refractivity contribution in [1.29, 1.82) is 0 Å². The second-order valence-electron chi connectivity index (χ2n) is 6.44. The van der Waals surface area contributed by atoms with E-state index < -0.39 is 0 Å². The van der Waals surface area contributed by atoms with Crippen LogP contribution in [0.3, 0.4) is 0 Å². The Morgan fingerprint density at radius 3 is 2.82 bits per heavy atom. The quantitative estimate of drug-likeness (QED) is 0.482. The molecule has 0 fully saturated rings. The van der Waals surface area contributed by atoms with Crippen LogP contribution in [0.25, 0.3) is 10.8 Å². The van der Waals surface area contributed by atoms with Gasteiger partial charge in [-0.3, -0.25) is 4.98 Å². The number of guanidine groups is 1. The summed E-state index contributed by atoms with van der Waals surface area (Å²) in [6.07, 6.45) is 1.66. The summed E-state index contributed by atoms with van der Waals surface area (Å²) in [6, 6.07) is 16.3. The number of pyridine rings is 1. The first-order valence-electron chi connectivity index (χ1n) is 9.42. The molecule has 0 aliphatic heterocycles. The summed E-state index contributed by atoms with van der Waals surface area (Å²) in [5, 5.41) is 8.75. The fourth-order valence-electron chi connectivity index (χ4n) is 2.86. The molecule has 0 aliphatic carbocycles. The first kappa shape index (κ1) is 19.6. The SMILES string of the molecule is CCNC(=NCc1nccc2ccccc12)NCC(C)Oc1cccc(F)c1. The van der Waals surface area contributed by atoms with Gasteiger partial charge in [0.25, 0.3) is 0 Å². The van der Waals surface area contributed by atoms with Crippen LogP contribution in [-0.2, 0) is 6.54 Å². The number of hydrogen-bond donors (Lipinski definition) is 2. The van der Waals surface area contributed by atoms with Crippen molar-refractivity contribution in [3.63, 3.8) is 0 Å². The number of ether oxygens (including phenoxy) is 1. The van der Waals surface area contributed by atoms with E-state index in [1.807, 2.05) is 38.2 Å². The maximum absolute atomic E-state index is 13.3. The summed E-state index contributed by atoms with van der Waals surface area (Å²) < 4.78 is 19.0. The summed E-state index contributed by atoms with van der Waals surface area (Å²) in [5.74, 6) is 0.887. The Bertz CT molecular complexity index is 939. The molecule has 5 nitrogen and oxygen atoms in total. The van der Waals surface area contributed by atoms with Crippen molar-refractivity contribution in [2.24, 2.45) is 4.99 Å². The van der Waals surface area contributed by atoms with E-state index in [0.717, 1.165) is 23.0 Å². The van der Waals surface area contributed by atoms with Gasteiger partial charge in [-0.1, -0.05) is 30.3 Å². The number of rotatable bonds is 7. The van der Waals surface area contributed by atoms with Crippen molar-refractivity contribution in [3.8, 4) is 5.75 Å². The normalized spacial score (nSPS) is 12.6. The minimum atomic E-state index is -0.310. The molecule has 0 aliphatic rings. The standard InChI is InChI=1S/C22H25FN4O/c1-3-24-22(26-14-16(2)28-19-9-6-8-18(23)13-19)27-15-21-20-10-5-4-7-17(20)11-12-25-21/h4-13,16H,3,14-15H2,1-2H3,(H2,24,26,27). The molecule has 0 bridgehead atoms. The minimum Gasteiger partial charge on any atom is -0.489 e. The molecule has 28 heavy (non-hydrogen) atoms. The van der Waals surface area contributed by atoms with Gasteiger partial charge in [-0.25, -0.2) is 9.38 Å². The van der Waals surface area contributed by atoms with Gasteiger partial charge in [0.05, 0.1) is 18.8 Å². The van der Waals surface area contributed by atoms with Gasteiger partial charge >= 0.3 is 0 Å². The summed E-state index contributed by atoms with van der Waals surface area (Å²) in [5.41, 5.74) is 0.930. The molecule has 1 atom stereocenters. The lowest BCUT2D eigenvalue weighted by Crippen LogP contribution is -2.41. The lowest BCUT2D eigenvalue weighted by molar-refractivity contribution is 0.223. The molecule has 2 aromatic carbocycles. The van der Waals surface area contributed by atoms with Crippen LogP contribution in [0.1, 0.15) is 19.5 Å². The molecule has 2 N–H and O–H groups in total. The van der Waals surface area contributed by atoms with E-state index in [1.54, 1.807) is 12.1 Å². The summed E-state index contributed by atoms with van der Waals surface area (Å²) in [7, 11) is 0. The van der Waals surface area contributed by atoms with Gasteiger partial charge in [0.1, 0.15) is 17.7 Å². The monoisotopic (exact) mass is 380 g/mol. The second-order valence-corrected chi connectivity index (χ2v) is 6.44. The summed E-state index contributed by atoms with van der Waals surface area (Å²) in [6.45, 7) is 5.68. The molecule has 0 radical (unpaired) electrons. The molecule has 1 heterocycles. The van der Waals surface area contributed by atoms with E-state index in [9.17, 15) is 4.39 Å². The summed E-state index contributed by atoms with van der Waals surface area (Å²) in [4.78, 5) is 9.12. The van der Waals surface area contributed by atoms with Gasteiger partial charge in [0, 0.05) is 24.2 Å². The Morgan fingerprint density at radius 2 is 2.00 bits per heavy atom. The molecule has 1 aromatic heterocycles. The van der Waals surface area contributed by atoms with E-state index in [1.165, 1.54) is 12.1 Å². The largest absolute Gasteiger partial charge is 0.489 e. The third-order valence-corrected chi connectivity index (χ3v) is 4.18. The lowest BCUT2D eigenvalue weighted by Gasteiger charge is -2.17. The minimum absolute atomic E-state index is 0.152. The van der Waals surface area contributed by atoms with Crippen molar-refractivity contribution >= 4 is 16.7 Å². The highest BCUT2D eigenvalue weighted by Gasteiger charge is 2.07. The Labute approximate surface area is 164 Å². The third kappa shape index (κ3) is 5.42. The molecule has 3 aromatic rings. The molecule has 0 spiro atoms. The lowest BCUT2D eigenvalue weighted by atomic mass is 10.1. The predicted molar refractivity (Wildman–Crippen MR) is 111 cm³/mol. The van der Waals surface area contributed by atoms with Crippen molar-refractivity contribution < 1.29 is 9.13 Å². The zero-order valence-electron chi connectivity index (χ0n) is 16.2. The van der Waals surface area contributed by atoms with E-state index in [-0.39, 0.29) is 11.9 Å². The number of nitrogens with zero attached hydrogens (tertiary/aromatic N) is 2. The summed E-state index contributed by atoms with van der Waals surface area (Å²) >= 11 is 0. The Balaban J connectivity index is 1.62. The van der Waals surface area contributed by atoms with Gasteiger partial charge in [-0.2, -0.15) is 0 Å². The van der Waals surface area contributed by atoms with Gasteiger partial charge in [-0.05, 0) is 37.4 Å². The molecular formula is C22H25FN4O. The van der Waals surface area contributed by atoms with Crippen molar-refractivity contribution in [1.82, 2.24) is 15.6 Å². The fraction of sp³-hybridized carbons (Fsp3) is 0.273. The van der Waals surface area contributed by atoms with E-state index >= 15 is 0 Å². The van der Waals surface area contributed by atoms with Crippen molar-refractivity contribution in [2.45, 2.75) is 26.5 Å². The van der Waals surface area contributed by atoms with Crippen LogP contribution in [0, 0.1) is 5.82 Å². The number of fused-ring (bicyclic) bond motifs is 1. The van der Waals surface area contributed by atoms with Crippen molar-refractivity contribution in [2.75, 3.05) is 13.1 Å². The molecule has 0 saturated heterocycles. The van der Waals surface area contributed by atoms with Crippen LogP contribution >= 0.6 is 0 Å². The smallest absolute Gasteiger partial charge is 0.191 e. The first-order valence-corrected chi connectivity index (χ1v) is 9.42. The van der Waals surface area contributed by atoms with Gasteiger partial charge in [0.15, 0.2) is 5.96 Å². The number of nitrogens with one attached hydrogen (secondary N) is 2. The van der Waals surface area contributed by atoms with Gasteiger partial charge in [0.2, 0.25) is 0 Å². The third-order valence-electron chi connectivity index (χ3n) is 4.18. The average molecular weight is 380 g/mol. The van der Waals surface area contributed by atoms with Gasteiger partial charge < -0.3 is 15.4 Å². The molecule has 0 saturated carbocycles. The zero-order valence-corrected chi connectivity index (χ0v) is 16.2. The number of aliphatic imine (C=N–C) groups is 1. The van der Waals surface area contributed by atoms with E-state index in [4.69, 9.17) is 4.74 Å². The highest BCUT2D eigenvalue weighted by Crippen LogP contribution is 2.17.